The van der Waals surface area contributed by atoms with E-state index in [2.05, 4.69) is 10.1 Å². The second-order valence-corrected chi connectivity index (χ2v) is 5.71. The molecule has 0 aliphatic heterocycles. The van der Waals surface area contributed by atoms with Gasteiger partial charge in [-0.05, 0) is 29.7 Å². The molecule has 1 unspecified atom stereocenters. The summed E-state index contributed by atoms with van der Waals surface area (Å²) in [5.41, 5.74) is 5.66. The minimum absolute atomic E-state index is 0.0321. The molecule has 0 bridgehead atoms. The van der Waals surface area contributed by atoms with Crippen molar-refractivity contribution in [2.24, 2.45) is 11.7 Å². The Hall–Kier alpha value is -2.19. The molecule has 0 aliphatic rings. The van der Waals surface area contributed by atoms with Gasteiger partial charge < -0.3 is 15.4 Å². The van der Waals surface area contributed by atoms with Crippen molar-refractivity contribution in [3.05, 3.63) is 47.1 Å². The lowest BCUT2D eigenvalue weighted by atomic mass is 9.99. The van der Waals surface area contributed by atoms with E-state index < -0.39 is 23.9 Å². The van der Waals surface area contributed by atoms with E-state index in [4.69, 9.17) is 10.3 Å². The van der Waals surface area contributed by atoms with Crippen molar-refractivity contribution in [1.82, 2.24) is 10.1 Å². The summed E-state index contributed by atoms with van der Waals surface area (Å²) in [4.78, 5) is 4.01. The number of alkyl halides is 3. The smallest absolute Gasteiger partial charge is 0.383 e. The summed E-state index contributed by atoms with van der Waals surface area (Å²) < 4.78 is 42.4. The molecule has 2 rings (SSSR count). The fourth-order valence-corrected chi connectivity index (χ4v) is 1.92. The highest BCUT2D eigenvalue weighted by Gasteiger charge is 2.29. The lowest BCUT2D eigenvalue weighted by molar-refractivity contribution is -0.137. The topological polar surface area (TPSA) is 85.2 Å². The molecule has 0 amide bonds. The maximum absolute atomic E-state index is 12.5. The van der Waals surface area contributed by atoms with Crippen molar-refractivity contribution >= 4 is 12.2 Å². The highest BCUT2D eigenvalue weighted by molar-refractivity contribution is 5.66. The number of aromatic nitrogens is 2. The summed E-state index contributed by atoms with van der Waals surface area (Å²) in [6.45, 7) is 3.72. The van der Waals surface area contributed by atoms with Crippen molar-refractivity contribution in [3.63, 3.8) is 0 Å². The summed E-state index contributed by atoms with van der Waals surface area (Å²) >= 11 is 0. The SMILES string of the molecule is CC(C)[C@H](N)C(O)c1noc(C=Cc2ccc(C(F)(F)F)cc2)n1. The van der Waals surface area contributed by atoms with Gasteiger partial charge in [0.05, 0.1) is 5.56 Å². The first-order chi connectivity index (χ1) is 11.2. The summed E-state index contributed by atoms with van der Waals surface area (Å²) in [7, 11) is 0. The molecular weight excluding hydrogens is 323 g/mol. The molecular formula is C16H18F3N3O2. The molecule has 1 aromatic carbocycles. The summed E-state index contributed by atoms with van der Waals surface area (Å²) in [6, 6.07) is 4.11. The standard InChI is InChI=1S/C16H18F3N3O2/c1-9(2)13(20)14(23)15-21-12(24-22-15)8-5-10-3-6-11(7-4-10)16(17,18)19/h3-9,13-14,23H,20H2,1-2H3/t13-,14?/m0/s1. The third-order valence-corrected chi connectivity index (χ3v) is 3.51. The second kappa shape index (κ2) is 7.14. The van der Waals surface area contributed by atoms with E-state index in [-0.39, 0.29) is 17.6 Å². The maximum Gasteiger partial charge on any atom is 0.416 e. The van der Waals surface area contributed by atoms with Crippen molar-refractivity contribution < 1.29 is 22.8 Å². The maximum atomic E-state index is 12.5. The van der Waals surface area contributed by atoms with E-state index >= 15 is 0 Å². The molecule has 0 aliphatic carbocycles. The molecule has 0 radical (unpaired) electrons. The van der Waals surface area contributed by atoms with Crippen molar-refractivity contribution in [2.45, 2.75) is 32.2 Å². The van der Waals surface area contributed by atoms with Crippen LogP contribution in [0.15, 0.2) is 28.8 Å². The fraction of sp³-hybridized carbons (Fsp3) is 0.375. The van der Waals surface area contributed by atoms with E-state index in [0.29, 0.717) is 5.56 Å². The zero-order valence-corrected chi connectivity index (χ0v) is 13.2. The quantitative estimate of drug-likeness (QED) is 0.872. The van der Waals surface area contributed by atoms with Gasteiger partial charge in [-0.3, -0.25) is 0 Å². The van der Waals surface area contributed by atoms with Crippen LogP contribution < -0.4 is 5.73 Å². The van der Waals surface area contributed by atoms with Crippen LogP contribution in [0.5, 0.6) is 0 Å². The average molecular weight is 341 g/mol. The van der Waals surface area contributed by atoms with Gasteiger partial charge in [-0.2, -0.15) is 18.2 Å². The van der Waals surface area contributed by atoms with Crippen LogP contribution in [0.1, 0.15) is 42.8 Å². The number of nitrogens with two attached hydrogens (primary N) is 1. The van der Waals surface area contributed by atoms with Gasteiger partial charge in [0.1, 0.15) is 6.10 Å². The Bertz CT molecular complexity index is 693. The van der Waals surface area contributed by atoms with Gasteiger partial charge in [0.15, 0.2) is 0 Å². The number of halogens is 3. The van der Waals surface area contributed by atoms with Crippen LogP contribution in [0.25, 0.3) is 12.2 Å². The van der Waals surface area contributed by atoms with Crippen LogP contribution >= 0.6 is 0 Å². The van der Waals surface area contributed by atoms with Gasteiger partial charge in [0, 0.05) is 12.1 Å². The summed E-state index contributed by atoms with van der Waals surface area (Å²) in [6.07, 6.45) is -2.43. The first-order valence-electron chi connectivity index (χ1n) is 7.31. The molecule has 24 heavy (non-hydrogen) atoms. The Labute approximate surface area is 137 Å². The van der Waals surface area contributed by atoms with Crippen molar-refractivity contribution in [3.8, 4) is 0 Å². The molecule has 1 aromatic heterocycles. The highest BCUT2D eigenvalue weighted by atomic mass is 19.4. The normalized spacial score (nSPS) is 15.2. The number of aliphatic hydroxyl groups is 1. The molecule has 130 valence electrons. The monoisotopic (exact) mass is 341 g/mol. The number of rotatable bonds is 5. The number of aliphatic hydroxyl groups excluding tert-OH is 1. The summed E-state index contributed by atoms with van der Waals surface area (Å²) in [5.74, 6) is 0.229. The van der Waals surface area contributed by atoms with Gasteiger partial charge in [-0.25, -0.2) is 0 Å². The predicted molar refractivity (Wildman–Crippen MR) is 82.4 cm³/mol. The Morgan fingerprint density at radius 2 is 1.79 bits per heavy atom. The van der Waals surface area contributed by atoms with Crippen LogP contribution in [0.2, 0.25) is 0 Å². The zero-order chi connectivity index (χ0) is 17.9. The van der Waals surface area contributed by atoms with Gasteiger partial charge in [0.2, 0.25) is 5.82 Å². The molecule has 0 spiro atoms. The van der Waals surface area contributed by atoms with Gasteiger partial charge in [-0.1, -0.05) is 31.1 Å². The molecule has 3 N–H and O–H groups in total. The third kappa shape index (κ3) is 4.42. The number of hydrogen-bond acceptors (Lipinski definition) is 5. The van der Waals surface area contributed by atoms with Crippen LogP contribution in [0.4, 0.5) is 13.2 Å². The third-order valence-electron chi connectivity index (χ3n) is 3.51. The minimum atomic E-state index is -4.37. The largest absolute Gasteiger partial charge is 0.416 e. The zero-order valence-electron chi connectivity index (χ0n) is 13.2. The Morgan fingerprint density at radius 1 is 1.17 bits per heavy atom. The molecule has 5 nitrogen and oxygen atoms in total. The molecule has 1 heterocycles. The second-order valence-electron chi connectivity index (χ2n) is 5.71. The van der Waals surface area contributed by atoms with E-state index in [1.807, 2.05) is 13.8 Å². The predicted octanol–water partition coefficient (Wildman–Crippen LogP) is 3.28. The Kier molecular flexibility index (Phi) is 5.40. The van der Waals surface area contributed by atoms with Crippen LogP contribution in [0, 0.1) is 5.92 Å². The van der Waals surface area contributed by atoms with E-state index in [0.717, 1.165) is 12.1 Å². The van der Waals surface area contributed by atoms with Gasteiger partial charge >= 0.3 is 6.18 Å². The number of hydrogen-bond donors (Lipinski definition) is 2. The highest BCUT2D eigenvalue weighted by Crippen LogP contribution is 2.29. The first-order valence-corrected chi connectivity index (χ1v) is 7.31. The van der Waals surface area contributed by atoms with E-state index in [1.165, 1.54) is 24.3 Å². The molecule has 8 heteroatoms. The Balaban J connectivity index is 2.08. The molecule has 2 atom stereocenters. The summed E-state index contributed by atoms with van der Waals surface area (Å²) in [5, 5.41) is 13.7. The van der Waals surface area contributed by atoms with Crippen LogP contribution in [-0.4, -0.2) is 21.3 Å². The van der Waals surface area contributed by atoms with Crippen molar-refractivity contribution in [1.29, 1.82) is 0 Å². The molecule has 0 saturated carbocycles. The Morgan fingerprint density at radius 3 is 2.33 bits per heavy atom. The van der Waals surface area contributed by atoms with Gasteiger partial charge in [-0.15, -0.1) is 0 Å². The lowest BCUT2D eigenvalue weighted by Crippen LogP contribution is -2.34. The lowest BCUT2D eigenvalue weighted by Gasteiger charge is -2.18. The average Bonchev–Trinajstić information content (AvgIpc) is 3.00. The first kappa shape index (κ1) is 18.2. The van der Waals surface area contributed by atoms with E-state index in [9.17, 15) is 18.3 Å². The molecule has 0 saturated heterocycles. The van der Waals surface area contributed by atoms with E-state index in [1.54, 1.807) is 0 Å². The number of nitrogens with zero attached hydrogens (tertiary/aromatic N) is 2. The number of benzene rings is 1. The van der Waals surface area contributed by atoms with Crippen LogP contribution in [-0.2, 0) is 6.18 Å². The fourth-order valence-electron chi connectivity index (χ4n) is 1.92. The molecule has 0 fully saturated rings. The minimum Gasteiger partial charge on any atom is -0.383 e. The molecule has 2 aromatic rings. The van der Waals surface area contributed by atoms with Gasteiger partial charge in [0.25, 0.3) is 5.89 Å². The van der Waals surface area contributed by atoms with Crippen LogP contribution in [0.3, 0.4) is 0 Å². The van der Waals surface area contributed by atoms with Crippen molar-refractivity contribution in [2.75, 3.05) is 0 Å².